The van der Waals surface area contributed by atoms with Crippen LogP contribution in [0.5, 0.6) is 5.88 Å². The zero-order valence-electron chi connectivity index (χ0n) is 11.3. The van der Waals surface area contributed by atoms with Crippen LogP contribution in [0.25, 0.3) is 22.2 Å². The van der Waals surface area contributed by atoms with Crippen LogP contribution in [0.1, 0.15) is 0 Å². The van der Waals surface area contributed by atoms with Crippen LogP contribution in [-0.4, -0.2) is 19.1 Å². The molecule has 0 aliphatic rings. The predicted molar refractivity (Wildman–Crippen MR) is 85.0 cm³/mol. The van der Waals surface area contributed by atoms with Gasteiger partial charge >= 0.3 is 5.69 Å². The Balaban J connectivity index is 2.18. The van der Waals surface area contributed by atoms with Gasteiger partial charge in [-0.25, -0.2) is 9.36 Å². The van der Waals surface area contributed by atoms with E-state index in [9.17, 15) is 9.90 Å². The number of nitrogens with zero attached hydrogens (tertiary/aromatic N) is 3. The molecule has 6 heteroatoms. The van der Waals surface area contributed by atoms with Crippen molar-refractivity contribution >= 4 is 28.2 Å². The summed E-state index contributed by atoms with van der Waals surface area (Å²) in [7, 11) is 0. The number of hydrogen-bond donors (Lipinski definition) is 1. The molecule has 22 heavy (non-hydrogen) atoms. The molecule has 0 bridgehead atoms. The van der Waals surface area contributed by atoms with Crippen LogP contribution in [0.3, 0.4) is 0 Å². The van der Waals surface area contributed by atoms with Crippen LogP contribution in [0, 0.1) is 0 Å². The minimum absolute atomic E-state index is 0.162. The van der Waals surface area contributed by atoms with Gasteiger partial charge in [-0.1, -0.05) is 29.8 Å². The summed E-state index contributed by atoms with van der Waals surface area (Å²) in [6, 6.07) is 14.0. The third kappa shape index (κ3) is 1.72. The zero-order valence-corrected chi connectivity index (χ0v) is 12.0. The average molecular weight is 312 g/mol. The maximum absolute atomic E-state index is 12.8. The highest BCUT2D eigenvalue weighted by atomic mass is 35.5. The molecule has 0 amide bonds. The molecule has 4 rings (SSSR count). The van der Waals surface area contributed by atoms with Crippen molar-refractivity contribution in [1.82, 2.24) is 14.0 Å². The van der Waals surface area contributed by atoms with Crippen LogP contribution in [0.4, 0.5) is 0 Å². The molecule has 1 N–H and O–H groups in total. The molecule has 0 aliphatic heterocycles. The molecule has 2 heterocycles. The maximum atomic E-state index is 12.8. The first-order valence-electron chi connectivity index (χ1n) is 6.63. The zero-order chi connectivity index (χ0) is 15.3. The van der Waals surface area contributed by atoms with Gasteiger partial charge in [0.1, 0.15) is 5.52 Å². The highest BCUT2D eigenvalue weighted by Crippen LogP contribution is 2.25. The Labute approximate surface area is 129 Å². The molecule has 0 spiro atoms. The van der Waals surface area contributed by atoms with Gasteiger partial charge < -0.3 is 5.11 Å². The third-order valence-electron chi connectivity index (χ3n) is 3.58. The number of hydrogen-bond acceptors (Lipinski definition) is 3. The molecule has 4 aromatic rings. The van der Waals surface area contributed by atoms with Crippen molar-refractivity contribution in [2.45, 2.75) is 0 Å². The van der Waals surface area contributed by atoms with E-state index in [-0.39, 0.29) is 11.6 Å². The van der Waals surface area contributed by atoms with Gasteiger partial charge in [-0.2, -0.15) is 0 Å². The van der Waals surface area contributed by atoms with Crippen LogP contribution < -0.4 is 5.69 Å². The summed E-state index contributed by atoms with van der Waals surface area (Å²) in [6.07, 6.45) is 1.49. The van der Waals surface area contributed by atoms with E-state index in [1.54, 1.807) is 30.3 Å². The standard InChI is InChI=1S/C16H10ClN3O2/c17-10-4-3-5-11(8-10)19-15(21)14-9-18-12-6-1-2-7-13(12)20(14)16(19)22/h1-9,21H. The molecule has 0 unspecified atom stereocenters. The molecular weight excluding hydrogens is 302 g/mol. The molecule has 2 aromatic carbocycles. The molecule has 0 fully saturated rings. The first-order valence-corrected chi connectivity index (χ1v) is 7.01. The number of para-hydroxylation sites is 2. The van der Waals surface area contributed by atoms with E-state index in [2.05, 4.69) is 4.98 Å². The lowest BCUT2D eigenvalue weighted by atomic mass is 10.3. The number of aromatic hydroxyl groups is 1. The summed E-state index contributed by atoms with van der Waals surface area (Å²) in [6.45, 7) is 0. The number of imidazole rings is 1. The molecule has 108 valence electrons. The number of benzene rings is 2. The van der Waals surface area contributed by atoms with Gasteiger partial charge in [0.2, 0.25) is 5.88 Å². The topological polar surface area (TPSA) is 59.5 Å². The molecule has 0 saturated heterocycles. The summed E-state index contributed by atoms with van der Waals surface area (Å²) >= 11 is 5.98. The summed E-state index contributed by atoms with van der Waals surface area (Å²) in [5.41, 5.74) is 1.81. The SMILES string of the molecule is O=c1n(-c2cccc(Cl)c2)c(O)c2cnc3ccccc3n12. The van der Waals surface area contributed by atoms with Crippen LogP contribution in [-0.2, 0) is 0 Å². The van der Waals surface area contributed by atoms with E-state index in [4.69, 9.17) is 11.6 Å². The average Bonchev–Trinajstić information content (AvgIpc) is 2.79. The van der Waals surface area contributed by atoms with Crippen molar-refractivity contribution in [2.24, 2.45) is 0 Å². The van der Waals surface area contributed by atoms with E-state index in [0.29, 0.717) is 27.3 Å². The summed E-state index contributed by atoms with van der Waals surface area (Å²) in [4.78, 5) is 17.0. The largest absolute Gasteiger partial charge is 0.493 e. The van der Waals surface area contributed by atoms with E-state index in [1.165, 1.54) is 15.2 Å². The molecule has 0 radical (unpaired) electrons. The Morgan fingerprint density at radius 3 is 2.68 bits per heavy atom. The normalized spacial score (nSPS) is 11.3. The highest BCUT2D eigenvalue weighted by molar-refractivity contribution is 6.30. The minimum Gasteiger partial charge on any atom is -0.493 e. The molecular formula is C16H10ClN3O2. The van der Waals surface area contributed by atoms with Gasteiger partial charge in [-0.3, -0.25) is 9.38 Å². The van der Waals surface area contributed by atoms with Crippen molar-refractivity contribution in [1.29, 1.82) is 0 Å². The Morgan fingerprint density at radius 2 is 1.86 bits per heavy atom. The highest BCUT2D eigenvalue weighted by Gasteiger charge is 2.17. The fourth-order valence-electron chi connectivity index (χ4n) is 2.60. The lowest BCUT2D eigenvalue weighted by Gasteiger charge is -2.02. The first kappa shape index (κ1) is 12.9. The lowest BCUT2D eigenvalue weighted by molar-refractivity contribution is 0.446. The first-order chi connectivity index (χ1) is 10.7. The Bertz CT molecular complexity index is 1080. The Kier molecular flexibility index (Phi) is 2.71. The van der Waals surface area contributed by atoms with Gasteiger partial charge in [-0.05, 0) is 30.3 Å². The van der Waals surface area contributed by atoms with Crippen molar-refractivity contribution < 1.29 is 5.11 Å². The van der Waals surface area contributed by atoms with Crippen molar-refractivity contribution in [3.8, 4) is 11.6 Å². The molecule has 0 atom stereocenters. The molecule has 0 saturated carbocycles. The smallest absolute Gasteiger partial charge is 0.340 e. The number of fused-ring (bicyclic) bond motifs is 3. The van der Waals surface area contributed by atoms with E-state index >= 15 is 0 Å². The number of aromatic nitrogens is 3. The fourth-order valence-corrected chi connectivity index (χ4v) is 2.78. The van der Waals surface area contributed by atoms with Crippen molar-refractivity contribution in [3.05, 3.63) is 70.2 Å². The minimum atomic E-state index is -0.367. The quantitative estimate of drug-likeness (QED) is 0.588. The molecule has 5 nitrogen and oxygen atoms in total. The van der Waals surface area contributed by atoms with Crippen LogP contribution in [0.2, 0.25) is 5.02 Å². The van der Waals surface area contributed by atoms with E-state index in [1.807, 2.05) is 18.2 Å². The molecule has 0 aliphatic carbocycles. The fraction of sp³-hybridized carbons (Fsp3) is 0. The van der Waals surface area contributed by atoms with E-state index in [0.717, 1.165) is 0 Å². The van der Waals surface area contributed by atoms with E-state index < -0.39 is 0 Å². The van der Waals surface area contributed by atoms with Crippen LogP contribution in [0.15, 0.2) is 59.5 Å². The number of rotatable bonds is 1. The Hall–Kier alpha value is -2.79. The second-order valence-electron chi connectivity index (χ2n) is 4.89. The van der Waals surface area contributed by atoms with Gasteiger partial charge in [0.25, 0.3) is 0 Å². The molecule has 2 aromatic heterocycles. The van der Waals surface area contributed by atoms with Gasteiger partial charge in [-0.15, -0.1) is 0 Å². The number of halogens is 1. The van der Waals surface area contributed by atoms with Crippen molar-refractivity contribution in [3.63, 3.8) is 0 Å². The lowest BCUT2D eigenvalue weighted by Crippen LogP contribution is -2.19. The Morgan fingerprint density at radius 1 is 1.05 bits per heavy atom. The monoisotopic (exact) mass is 311 g/mol. The second kappa shape index (κ2) is 4.61. The van der Waals surface area contributed by atoms with Gasteiger partial charge in [0.15, 0.2) is 0 Å². The maximum Gasteiger partial charge on any atom is 0.340 e. The summed E-state index contributed by atoms with van der Waals surface area (Å²) < 4.78 is 2.66. The predicted octanol–water partition coefficient (Wildman–Crippen LogP) is 3.00. The second-order valence-corrected chi connectivity index (χ2v) is 5.33. The van der Waals surface area contributed by atoms with Gasteiger partial charge in [0, 0.05) is 5.02 Å². The third-order valence-corrected chi connectivity index (χ3v) is 3.81. The summed E-state index contributed by atoms with van der Waals surface area (Å²) in [5, 5.41) is 10.9. The van der Waals surface area contributed by atoms with Gasteiger partial charge in [0.05, 0.1) is 22.9 Å². The van der Waals surface area contributed by atoms with Crippen LogP contribution >= 0.6 is 11.6 Å². The summed E-state index contributed by atoms with van der Waals surface area (Å²) in [5.74, 6) is -0.162. The van der Waals surface area contributed by atoms with Crippen molar-refractivity contribution in [2.75, 3.05) is 0 Å².